The van der Waals surface area contributed by atoms with Crippen molar-refractivity contribution in [1.29, 1.82) is 0 Å². The number of rotatable bonds is 5. The normalized spacial score (nSPS) is 10.4. The molecule has 132 valence electrons. The van der Waals surface area contributed by atoms with E-state index in [1.54, 1.807) is 18.3 Å². The van der Waals surface area contributed by atoms with Crippen LogP contribution in [0.1, 0.15) is 27.2 Å². The molecule has 1 aromatic heterocycles. The Labute approximate surface area is 157 Å². The summed E-state index contributed by atoms with van der Waals surface area (Å²) in [5.41, 5.74) is 4.32. The minimum absolute atomic E-state index is 0.281. The molecular weight excluding hydrogens is 348 g/mol. The Balaban J connectivity index is 1.70. The van der Waals surface area contributed by atoms with Crippen molar-refractivity contribution in [2.24, 2.45) is 0 Å². The third-order valence-electron chi connectivity index (χ3n) is 3.91. The van der Waals surface area contributed by atoms with Crippen molar-refractivity contribution < 1.29 is 4.79 Å². The number of anilines is 2. The smallest absolute Gasteiger partial charge is 0.270 e. The number of aromatic nitrogens is 2. The molecule has 0 aliphatic rings. The summed E-state index contributed by atoms with van der Waals surface area (Å²) in [5.74, 6) is 0.0957. The van der Waals surface area contributed by atoms with Crippen molar-refractivity contribution in [1.82, 2.24) is 15.3 Å². The average molecular weight is 367 g/mol. The lowest BCUT2D eigenvalue weighted by Gasteiger charge is -2.10. The van der Waals surface area contributed by atoms with Gasteiger partial charge in [-0.2, -0.15) is 0 Å². The summed E-state index contributed by atoms with van der Waals surface area (Å²) in [6.45, 7) is 4.38. The number of amides is 1. The van der Waals surface area contributed by atoms with Gasteiger partial charge >= 0.3 is 0 Å². The Hall–Kier alpha value is -2.92. The van der Waals surface area contributed by atoms with Gasteiger partial charge in [-0.25, -0.2) is 9.97 Å². The lowest BCUT2D eigenvalue weighted by atomic mass is 10.1. The fourth-order valence-electron chi connectivity index (χ4n) is 2.53. The number of hydrogen-bond acceptors (Lipinski definition) is 4. The first-order chi connectivity index (χ1) is 12.5. The Morgan fingerprint density at radius 2 is 1.92 bits per heavy atom. The highest BCUT2D eigenvalue weighted by atomic mass is 35.5. The summed E-state index contributed by atoms with van der Waals surface area (Å²) in [6.07, 6.45) is 1.56. The second-order valence-corrected chi connectivity index (χ2v) is 6.39. The molecule has 0 bridgehead atoms. The van der Waals surface area contributed by atoms with E-state index in [-0.39, 0.29) is 5.91 Å². The maximum Gasteiger partial charge on any atom is 0.270 e. The molecule has 0 fully saturated rings. The summed E-state index contributed by atoms with van der Waals surface area (Å²) in [6, 6.07) is 15.0. The topological polar surface area (TPSA) is 66.9 Å². The first-order valence-electron chi connectivity index (χ1n) is 8.22. The molecule has 6 heteroatoms. The number of nitrogens with one attached hydrogen (secondary N) is 2. The fraction of sp³-hybridized carbons (Fsp3) is 0.150. The molecule has 5 nitrogen and oxygen atoms in total. The molecule has 0 radical (unpaired) electrons. The SMILES string of the molecule is Cc1ccc(Nc2nccc(C(=O)NCc3ccccc3Cl)n2)c(C)c1. The zero-order chi connectivity index (χ0) is 18.5. The van der Waals surface area contributed by atoms with E-state index in [0.717, 1.165) is 16.8 Å². The number of carbonyl (C=O) groups is 1. The van der Waals surface area contributed by atoms with Crippen LogP contribution in [0, 0.1) is 13.8 Å². The van der Waals surface area contributed by atoms with Crippen LogP contribution < -0.4 is 10.6 Å². The number of aryl methyl sites for hydroxylation is 2. The molecule has 0 unspecified atom stereocenters. The van der Waals surface area contributed by atoms with Crippen LogP contribution in [0.3, 0.4) is 0 Å². The van der Waals surface area contributed by atoms with Crippen molar-refractivity contribution >= 4 is 29.1 Å². The standard InChI is InChI=1S/C20H19ClN4O/c1-13-7-8-17(14(2)11-13)24-20-22-10-9-18(25-20)19(26)23-12-15-5-3-4-6-16(15)21/h3-11H,12H2,1-2H3,(H,23,26)(H,22,24,25). The van der Waals surface area contributed by atoms with Crippen molar-refractivity contribution in [3.05, 3.63) is 82.1 Å². The zero-order valence-electron chi connectivity index (χ0n) is 14.6. The molecule has 0 spiro atoms. The predicted molar refractivity (Wildman–Crippen MR) is 104 cm³/mol. The molecule has 2 N–H and O–H groups in total. The third kappa shape index (κ3) is 4.37. The van der Waals surface area contributed by atoms with Gasteiger partial charge in [0.2, 0.25) is 5.95 Å². The van der Waals surface area contributed by atoms with Crippen LogP contribution in [0.25, 0.3) is 0 Å². The first kappa shape index (κ1) is 17.9. The summed E-state index contributed by atoms with van der Waals surface area (Å²) < 4.78 is 0. The van der Waals surface area contributed by atoms with Crippen LogP contribution in [0.4, 0.5) is 11.6 Å². The van der Waals surface area contributed by atoms with Crippen molar-refractivity contribution in [3.8, 4) is 0 Å². The van der Waals surface area contributed by atoms with Gasteiger partial charge in [0.05, 0.1) is 0 Å². The van der Waals surface area contributed by atoms with Gasteiger partial charge in [-0.15, -0.1) is 0 Å². The van der Waals surface area contributed by atoms with Gasteiger partial charge in [-0.3, -0.25) is 4.79 Å². The van der Waals surface area contributed by atoms with Crippen LogP contribution in [0.2, 0.25) is 5.02 Å². The minimum atomic E-state index is -0.281. The number of halogens is 1. The van der Waals surface area contributed by atoms with E-state index >= 15 is 0 Å². The fourth-order valence-corrected chi connectivity index (χ4v) is 2.73. The van der Waals surface area contributed by atoms with Gasteiger partial charge in [0.1, 0.15) is 5.69 Å². The Morgan fingerprint density at radius 3 is 2.69 bits per heavy atom. The molecule has 0 saturated heterocycles. The molecule has 0 saturated carbocycles. The lowest BCUT2D eigenvalue weighted by Crippen LogP contribution is -2.24. The second-order valence-electron chi connectivity index (χ2n) is 5.98. The average Bonchev–Trinajstić information content (AvgIpc) is 2.63. The molecule has 26 heavy (non-hydrogen) atoms. The van der Waals surface area contributed by atoms with Crippen LogP contribution in [-0.2, 0) is 6.54 Å². The largest absolute Gasteiger partial charge is 0.347 e. The predicted octanol–water partition coefficient (Wildman–Crippen LogP) is 4.42. The van der Waals surface area contributed by atoms with E-state index in [2.05, 4.69) is 26.7 Å². The third-order valence-corrected chi connectivity index (χ3v) is 4.28. The van der Waals surface area contributed by atoms with Crippen molar-refractivity contribution in [2.75, 3.05) is 5.32 Å². The number of benzene rings is 2. The summed E-state index contributed by atoms with van der Waals surface area (Å²) >= 11 is 6.11. The van der Waals surface area contributed by atoms with Gasteiger partial charge in [0.25, 0.3) is 5.91 Å². The van der Waals surface area contributed by atoms with Crippen molar-refractivity contribution in [3.63, 3.8) is 0 Å². The monoisotopic (exact) mass is 366 g/mol. The van der Waals surface area contributed by atoms with Gasteiger partial charge in [-0.05, 0) is 43.2 Å². The molecular formula is C20H19ClN4O. The van der Waals surface area contributed by atoms with Crippen LogP contribution in [0.5, 0.6) is 0 Å². The number of carbonyl (C=O) groups excluding carboxylic acids is 1. The highest BCUT2D eigenvalue weighted by Crippen LogP contribution is 2.19. The second kappa shape index (κ2) is 7.97. The minimum Gasteiger partial charge on any atom is -0.347 e. The van der Waals surface area contributed by atoms with E-state index in [9.17, 15) is 4.79 Å². The quantitative estimate of drug-likeness (QED) is 0.701. The maximum absolute atomic E-state index is 12.4. The summed E-state index contributed by atoms with van der Waals surface area (Å²) in [7, 11) is 0. The molecule has 0 aliphatic heterocycles. The highest BCUT2D eigenvalue weighted by molar-refractivity contribution is 6.31. The van der Waals surface area contributed by atoms with Gasteiger partial charge < -0.3 is 10.6 Å². The van der Waals surface area contributed by atoms with E-state index in [1.807, 2.05) is 44.2 Å². The summed E-state index contributed by atoms with van der Waals surface area (Å²) in [5, 5.41) is 6.60. The van der Waals surface area contributed by atoms with Gasteiger partial charge in [0.15, 0.2) is 0 Å². The molecule has 2 aromatic carbocycles. The molecule has 3 aromatic rings. The van der Waals surface area contributed by atoms with E-state index in [1.165, 1.54) is 5.56 Å². The molecule has 1 amide bonds. The maximum atomic E-state index is 12.4. The van der Waals surface area contributed by atoms with Gasteiger partial charge in [-0.1, -0.05) is 47.5 Å². The summed E-state index contributed by atoms with van der Waals surface area (Å²) in [4.78, 5) is 20.9. The van der Waals surface area contributed by atoms with E-state index in [0.29, 0.717) is 23.2 Å². The zero-order valence-corrected chi connectivity index (χ0v) is 15.3. The Bertz CT molecular complexity index is 943. The highest BCUT2D eigenvalue weighted by Gasteiger charge is 2.10. The number of nitrogens with zero attached hydrogens (tertiary/aromatic N) is 2. The molecule has 3 rings (SSSR count). The lowest BCUT2D eigenvalue weighted by molar-refractivity contribution is 0.0946. The van der Waals surface area contributed by atoms with Crippen LogP contribution >= 0.6 is 11.6 Å². The van der Waals surface area contributed by atoms with Crippen LogP contribution in [-0.4, -0.2) is 15.9 Å². The molecule has 1 heterocycles. The first-order valence-corrected chi connectivity index (χ1v) is 8.59. The van der Waals surface area contributed by atoms with Crippen molar-refractivity contribution in [2.45, 2.75) is 20.4 Å². The van der Waals surface area contributed by atoms with Crippen LogP contribution in [0.15, 0.2) is 54.7 Å². The Kier molecular flexibility index (Phi) is 5.49. The number of hydrogen-bond donors (Lipinski definition) is 2. The van der Waals surface area contributed by atoms with E-state index < -0.39 is 0 Å². The molecule has 0 aliphatic carbocycles. The van der Waals surface area contributed by atoms with Gasteiger partial charge in [0, 0.05) is 23.5 Å². The molecule has 0 atom stereocenters. The van der Waals surface area contributed by atoms with E-state index in [4.69, 9.17) is 11.6 Å². The Morgan fingerprint density at radius 1 is 1.12 bits per heavy atom.